The van der Waals surface area contributed by atoms with Gasteiger partial charge < -0.3 is 15.2 Å². The van der Waals surface area contributed by atoms with Gasteiger partial charge in [0.25, 0.3) is 0 Å². The van der Waals surface area contributed by atoms with Crippen molar-refractivity contribution < 1.29 is 19.4 Å². The third-order valence-electron chi connectivity index (χ3n) is 2.61. The molecule has 1 amide bonds. The summed E-state index contributed by atoms with van der Waals surface area (Å²) < 4.78 is 5.09. The van der Waals surface area contributed by atoms with Gasteiger partial charge in [0.15, 0.2) is 0 Å². The number of ether oxygens (including phenoxy) is 1. The maximum Gasteiger partial charge on any atom is 0.408 e. The van der Waals surface area contributed by atoms with Crippen molar-refractivity contribution in [2.45, 2.75) is 58.6 Å². The normalized spacial score (nSPS) is 12.8. The Kier molecular flexibility index (Phi) is 6.20. The van der Waals surface area contributed by atoms with Gasteiger partial charge in [-0.25, -0.2) is 9.59 Å². The molecular formula is C15H23NO4S. The van der Waals surface area contributed by atoms with Gasteiger partial charge in [0, 0.05) is 16.2 Å². The summed E-state index contributed by atoms with van der Waals surface area (Å²) in [6, 6.07) is 2.95. The number of carboxylic acids is 1. The molecule has 1 unspecified atom stereocenters. The van der Waals surface area contributed by atoms with Crippen LogP contribution in [0, 0.1) is 0 Å². The van der Waals surface area contributed by atoms with E-state index < -0.39 is 23.7 Å². The number of alkyl carbamates (subject to hydrolysis) is 1. The number of carbonyl (C=O) groups excluding carboxylic acids is 1. The van der Waals surface area contributed by atoms with Crippen molar-refractivity contribution in [2.24, 2.45) is 0 Å². The van der Waals surface area contributed by atoms with E-state index in [9.17, 15) is 14.7 Å². The number of aliphatic carboxylic acids is 1. The molecule has 2 N–H and O–H groups in total. The number of amides is 1. The summed E-state index contributed by atoms with van der Waals surface area (Å²) >= 11 is 1.59. The van der Waals surface area contributed by atoms with Gasteiger partial charge in [-0.3, -0.25) is 0 Å². The van der Waals surface area contributed by atoms with Crippen LogP contribution < -0.4 is 5.32 Å². The largest absolute Gasteiger partial charge is 0.480 e. The SMILES string of the molecule is CCCc1ccc(CC(NC(=O)OC(C)(C)C)C(=O)O)s1. The zero-order chi connectivity index (χ0) is 16.0. The second-order valence-electron chi connectivity index (χ2n) is 5.86. The highest BCUT2D eigenvalue weighted by Crippen LogP contribution is 2.19. The Balaban J connectivity index is 2.65. The molecule has 0 saturated carbocycles. The van der Waals surface area contributed by atoms with Crippen molar-refractivity contribution in [3.8, 4) is 0 Å². The predicted octanol–water partition coefficient (Wildman–Crippen LogP) is 3.22. The van der Waals surface area contributed by atoms with Crippen molar-refractivity contribution >= 4 is 23.4 Å². The van der Waals surface area contributed by atoms with Crippen molar-refractivity contribution in [3.63, 3.8) is 0 Å². The molecule has 1 heterocycles. The van der Waals surface area contributed by atoms with Crippen LogP contribution in [0.1, 0.15) is 43.9 Å². The Morgan fingerprint density at radius 3 is 2.48 bits per heavy atom. The summed E-state index contributed by atoms with van der Waals surface area (Å²) in [7, 11) is 0. The second kappa shape index (κ2) is 7.45. The Bertz CT molecular complexity index is 490. The first-order valence-corrected chi connectivity index (χ1v) is 7.83. The lowest BCUT2D eigenvalue weighted by Gasteiger charge is -2.21. The summed E-state index contributed by atoms with van der Waals surface area (Å²) in [6.45, 7) is 7.31. The lowest BCUT2D eigenvalue weighted by Crippen LogP contribution is -2.44. The topological polar surface area (TPSA) is 75.6 Å². The number of carboxylic acid groups (broad SMARTS) is 1. The Morgan fingerprint density at radius 2 is 1.95 bits per heavy atom. The van der Waals surface area contributed by atoms with Gasteiger partial charge in [-0.05, 0) is 39.3 Å². The molecule has 5 nitrogen and oxygen atoms in total. The Labute approximate surface area is 129 Å². The maximum absolute atomic E-state index is 11.7. The van der Waals surface area contributed by atoms with Crippen LogP contribution in [0.15, 0.2) is 12.1 Å². The van der Waals surface area contributed by atoms with Crippen LogP contribution in [0.4, 0.5) is 4.79 Å². The highest BCUT2D eigenvalue weighted by molar-refractivity contribution is 7.12. The number of aryl methyl sites for hydroxylation is 1. The minimum atomic E-state index is -1.06. The maximum atomic E-state index is 11.7. The molecule has 1 atom stereocenters. The third kappa shape index (κ3) is 6.62. The van der Waals surface area contributed by atoms with Crippen LogP contribution in [0.2, 0.25) is 0 Å². The van der Waals surface area contributed by atoms with E-state index in [0.717, 1.165) is 17.7 Å². The molecule has 0 saturated heterocycles. The first-order valence-electron chi connectivity index (χ1n) is 7.01. The van der Waals surface area contributed by atoms with Crippen LogP contribution in [0.25, 0.3) is 0 Å². The standard InChI is InChI=1S/C15H23NO4S/c1-5-6-10-7-8-11(21-10)9-12(13(17)18)16-14(19)20-15(2,3)4/h7-8,12H,5-6,9H2,1-4H3,(H,16,19)(H,17,18). The summed E-state index contributed by atoms with van der Waals surface area (Å²) in [6.07, 6.45) is 1.60. The van der Waals surface area contributed by atoms with E-state index in [1.54, 1.807) is 32.1 Å². The van der Waals surface area contributed by atoms with E-state index in [-0.39, 0.29) is 6.42 Å². The molecule has 0 aliphatic rings. The predicted molar refractivity (Wildman–Crippen MR) is 82.8 cm³/mol. The highest BCUT2D eigenvalue weighted by atomic mass is 32.1. The summed E-state index contributed by atoms with van der Waals surface area (Å²) in [4.78, 5) is 25.1. The van der Waals surface area contributed by atoms with E-state index in [2.05, 4.69) is 12.2 Å². The van der Waals surface area contributed by atoms with Gasteiger partial charge in [-0.15, -0.1) is 11.3 Å². The fourth-order valence-electron chi connectivity index (χ4n) is 1.76. The van der Waals surface area contributed by atoms with Crippen LogP contribution in [-0.4, -0.2) is 28.8 Å². The fraction of sp³-hybridized carbons (Fsp3) is 0.600. The van der Waals surface area contributed by atoms with Crippen LogP contribution in [0.5, 0.6) is 0 Å². The summed E-state index contributed by atoms with van der Waals surface area (Å²) in [5.41, 5.74) is -0.648. The average molecular weight is 313 g/mol. The van der Waals surface area contributed by atoms with Gasteiger partial charge in [-0.2, -0.15) is 0 Å². The number of rotatable bonds is 6. The van der Waals surface area contributed by atoms with E-state index in [1.165, 1.54) is 4.88 Å². The zero-order valence-electron chi connectivity index (χ0n) is 12.9. The molecular weight excluding hydrogens is 290 g/mol. The molecule has 0 radical (unpaired) electrons. The van der Waals surface area contributed by atoms with Crippen molar-refractivity contribution in [2.75, 3.05) is 0 Å². The number of hydrogen-bond acceptors (Lipinski definition) is 4. The van der Waals surface area contributed by atoms with E-state index in [4.69, 9.17) is 4.74 Å². The minimum Gasteiger partial charge on any atom is -0.480 e. The van der Waals surface area contributed by atoms with Crippen molar-refractivity contribution in [3.05, 3.63) is 21.9 Å². The molecule has 0 bridgehead atoms. The van der Waals surface area contributed by atoms with E-state index >= 15 is 0 Å². The van der Waals surface area contributed by atoms with Gasteiger partial charge in [-0.1, -0.05) is 13.3 Å². The van der Waals surface area contributed by atoms with Crippen LogP contribution in [0.3, 0.4) is 0 Å². The number of thiophene rings is 1. The third-order valence-corrected chi connectivity index (χ3v) is 3.78. The molecule has 21 heavy (non-hydrogen) atoms. The molecule has 0 aliphatic carbocycles. The molecule has 1 aromatic heterocycles. The molecule has 6 heteroatoms. The number of hydrogen-bond donors (Lipinski definition) is 2. The lowest BCUT2D eigenvalue weighted by molar-refractivity contribution is -0.139. The Hall–Kier alpha value is -1.56. The van der Waals surface area contributed by atoms with Gasteiger partial charge in [0.1, 0.15) is 11.6 Å². The van der Waals surface area contributed by atoms with Crippen LogP contribution in [-0.2, 0) is 22.4 Å². The molecule has 1 rings (SSSR count). The molecule has 118 valence electrons. The van der Waals surface area contributed by atoms with Crippen molar-refractivity contribution in [1.29, 1.82) is 0 Å². The van der Waals surface area contributed by atoms with Gasteiger partial charge in [0.2, 0.25) is 0 Å². The molecule has 1 aromatic rings. The average Bonchev–Trinajstić information content (AvgIpc) is 2.73. The number of carbonyl (C=O) groups is 2. The molecule has 0 fully saturated rings. The smallest absolute Gasteiger partial charge is 0.408 e. The zero-order valence-corrected chi connectivity index (χ0v) is 13.8. The molecule has 0 aromatic carbocycles. The first-order chi connectivity index (χ1) is 9.71. The van der Waals surface area contributed by atoms with Gasteiger partial charge in [0.05, 0.1) is 0 Å². The number of nitrogens with one attached hydrogen (secondary N) is 1. The monoisotopic (exact) mass is 313 g/mol. The van der Waals surface area contributed by atoms with Gasteiger partial charge >= 0.3 is 12.1 Å². The Morgan fingerprint density at radius 1 is 1.33 bits per heavy atom. The summed E-state index contributed by atoms with van der Waals surface area (Å²) in [5, 5.41) is 11.6. The summed E-state index contributed by atoms with van der Waals surface area (Å²) in [5.74, 6) is -1.06. The second-order valence-corrected chi connectivity index (χ2v) is 7.11. The first kappa shape index (κ1) is 17.5. The van der Waals surface area contributed by atoms with E-state index in [1.807, 2.05) is 12.1 Å². The highest BCUT2D eigenvalue weighted by Gasteiger charge is 2.24. The molecule has 0 aliphatic heterocycles. The minimum absolute atomic E-state index is 0.267. The quantitative estimate of drug-likeness (QED) is 0.845. The lowest BCUT2D eigenvalue weighted by atomic mass is 10.2. The fourth-order valence-corrected chi connectivity index (χ4v) is 2.93. The van der Waals surface area contributed by atoms with Crippen molar-refractivity contribution in [1.82, 2.24) is 5.32 Å². The van der Waals surface area contributed by atoms with Crippen LogP contribution >= 0.6 is 11.3 Å². The van der Waals surface area contributed by atoms with E-state index in [0.29, 0.717) is 0 Å². The molecule has 0 spiro atoms.